The maximum absolute atomic E-state index is 13.2. The molecule has 2 atom stereocenters. The molecule has 142 valence electrons. The Morgan fingerprint density at radius 2 is 2.04 bits per heavy atom. The van der Waals surface area contributed by atoms with E-state index in [9.17, 15) is 18.0 Å². The molecule has 0 radical (unpaired) electrons. The van der Waals surface area contributed by atoms with Crippen molar-refractivity contribution in [3.63, 3.8) is 0 Å². The van der Waals surface area contributed by atoms with Gasteiger partial charge in [0, 0.05) is 12.6 Å². The van der Waals surface area contributed by atoms with Gasteiger partial charge in [0.25, 0.3) is 5.91 Å². The van der Waals surface area contributed by atoms with Crippen molar-refractivity contribution in [3.8, 4) is 5.69 Å². The highest BCUT2D eigenvalue weighted by Gasteiger charge is 2.48. The third kappa shape index (κ3) is 4.16. The number of nitrogens with two attached hydrogens (primary N) is 1. The van der Waals surface area contributed by atoms with E-state index in [2.05, 4.69) is 10.3 Å². The van der Waals surface area contributed by atoms with E-state index in [4.69, 9.17) is 5.73 Å². The van der Waals surface area contributed by atoms with Crippen LogP contribution in [0.5, 0.6) is 0 Å². The highest BCUT2D eigenvalue weighted by molar-refractivity contribution is 5.92. The zero-order valence-electron chi connectivity index (χ0n) is 14.0. The number of amides is 1. The highest BCUT2D eigenvalue weighted by Crippen LogP contribution is 2.32. The topological polar surface area (TPSA) is 77.0 Å². The lowest BCUT2D eigenvalue weighted by atomic mass is 9.98. The smallest absolute Gasteiger partial charge is 0.326 e. The molecule has 3 rings (SSSR count). The van der Waals surface area contributed by atoms with Gasteiger partial charge in [0.15, 0.2) is 5.69 Å². The molecule has 1 saturated heterocycles. The van der Waals surface area contributed by atoms with Crippen LogP contribution in [-0.4, -0.2) is 50.6 Å². The summed E-state index contributed by atoms with van der Waals surface area (Å²) in [5.74, 6) is -0.809. The molecule has 1 aliphatic rings. The number of nitrogens with zero attached hydrogens (tertiary/aromatic N) is 4. The van der Waals surface area contributed by atoms with Crippen molar-refractivity contribution in [3.05, 3.63) is 41.7 Å². The predicted molar refractivity (Wildman–Crippen MR) is 91.4 cm³/mol. The summed E-state index contributed by atoms with van der Waals surface area (Å²) in [6, 6.07) is 4.99. The fourth-order valence-corrected chi connectivity index (χ4v) is 2.97. The summed E-state index contributed by atoms with van der Waals surface area (Å²) in [7, 11) is 0. The first-order valence-corrected chi connectivity index (χ1v) is 7.88. The number of carbonyl (C=O) groups excluding carboxylic acids is 1. The van der Waals surface area contributed by atoms with Gasteiger partial charge in [-0.2, -0.15) is 13.2 Å². The first-order valence-electron chi connectivity index (χ1n) is 7.88. The summed E-state index contributed by atoms with van der Waals surface area (Å²) in [6.07, 6.45) is -3.14. The molecule has 26 heavy (non-hydrogen) atoms. The maximum atomic E-state index is 13.2. The van der Waals surface area contributed by atoms with Crippen LogP contribution in [0.2, 0.25) is 0 Å². The average Bonchev–Trinajstić information content (AvgIpc) is 3.03. The van der Waals surface area contributed by atoms with Crippen LogP contribution in [-0.2, 0) is 0 Å². The first-order chi connectivity index (χ1) is 11.8. The van der Waals surface area contributed by atoms with Crippen molar-refractivity contribution in [2.75, 3.05) is 6.54 Å². The molecule has 0 bridgehead atoms. The number of benzene rings is 1. The van der Waals surface area contributed by atoms with E-state index in [1.165, 1.54) is 10.9 Å². The number of carbonyl (C=O) groups is 1. The number of likely N-dealkylation sites (tertiary alicyclic amines) is 1. The summed E-state index contributed by atoms with van der Waals surface area (Å²) >= 11 is 0. The second-order valence-electron chi connectivity index (χ2n) is 6.24. The Balaban J connectivity index is 0.00000243. The van der Waals surface area contributed by atoms with Crippen molar-refractivity contribution in [2.45, 2.75) is 38.0 Å². The molecule has 2 heterocycles. The van der Waals surface area contributed by atoms with Crippen molar-refractivity contribution in [2.24, 2.45) is 5.73 Å². The van der Waals surface area contributed by atoms with Crippen LogP contribution in [0.1, 0.15) is 28.9 Å². The maximum Gasteiger partial charge on any atom is 0.408 e. The Labute approximate surface area is 154 Å². The van der Waals surface area contributed by atoms with Crippen LogP contribution in [0.25, 0.3) is 5.69 Å². The minimum absolute atomic E-state index is 0. The van der Waals surface area contributed by atoms with Crippen LogP contribution >= 0.6 is 12.4 Å². The molecule has 2 aromatic rings. The summed E-state index contributed by atoms with van der Waals surface area (Å²) in [5.41, 5.74) is 7.28. The molecule has 1 aromatic carbocycles. The Hall–Kier alpha value is -2.13. The van der Waals surface area contributed by atoms with Crippen molar-refractivity contribution >= 4 is 18.3 Å². The van der Waals surface area contributed by atoms with E-state index in [0.29, 0.717) is 5.69 Å². The summed E-state index contributed by atoms with van der Waals surface area (Å²) in [5, 5.41) is 7.61. The van der Waals surface area contributed by atoms with Gasteiger partial charge in [-0.05, 0) is 37.5 Å². The number of alkyl halides is 3. The number of rotatable bonds is 2. The zero-order chi connectivity index (χ0) is 18.2. The molecule has 6 nitrogen and oxygen atoms in total. The molecule has 10 heteroatoms. The Morgan fingerprint density at radius 1 is 1.31 bits per heavy atom. The molecule has 0 saturated carbocycles. The van der Waals surface area contributed by atoms with Gasteiger partial charge in [0.1, 0.15) is 6.04 Å². The first kappa shape index (κ1) is 20.2. The Kier molecular flexibility index (Phi) is 5.92. The van der Waals surface area contributed by atoms with E-state index >= 15 is 0 Å². The van der Waals surface area contributed by atoms with Gasteiger partial charge in [0.05, 0.1) is 11.9 Å². The lowest BCUT2D eigenvalue weighted by Crippen LogP contribution is -2.56. The summed E-state index contributed by atoms with van der Waals surface area (Å²) in [6.45, 7) is 1.75. The van der Waals surface area contributed by atoms with E-state index < -0.39 is 24.2 Å². The average molecular weight is 390 g/mol. The van der Waals surface area contributed by atoms with Crippen molar-refractivity contribution < 1.29 is 18.0 Å². The summed E-state index contributed by atoms with van der Waals surface area (Å²) < 4.78 is 41.1. The van der Waals surface area contributed by atoms with Gasteiger partial charge >= 0.3 is 6.18 Å². The van der Waals surface area contributed by atoms with Crippen LogP contribution in [0.3, 0.4) is 0 Å². The van der Waals surface area contributed by atoms with Crippen LogP contribution in [0, 0.1) is 6.92 Å². The van der Waals surface area contributed by atoms with E-state index in [1.54, 1.807) is 6.07 Å². The molecule has 2 N–H and O–H groups in total. The number of halogens is 4. The van der Waals surface area contributed by atoms with E-state index in [1.807, 2.05) is 25.1 Å². The normalized spacial score (nSPS) is 20.6. The third-order valence-electron chi connectivity index (χ3n) is 4.24. The highest BCUT2D eigenvalue weighted by atomic mass is 35.5. The van der Waals surface area contributed by atoms with Crippen molar-refractivity contribution in [1.82, 2.24) is 19.9 Å². The monoisotopic (exact) mass is 389 g/mol. The fourth-order valence-electron chi connectivity index (χ4n) is 2.97. The fraction of sp³-hybridized carbons (Fsp3) is 0.438. The Bertz CT molecular complexity index is 779. The second-order valence-corrected chi connectivity index (χ2v) is 6.24. The number of aryl methyl sites for hydroxylation is 1. The molecular weight excluding hydrogens is 371 g/mol. The molecule has 1 aliphatic heterocycles. The number of hydrogen-bond donors (Lipinski definition) is 1. The van der Waals surface area contributed by atoms with Crippen LogP contribution < -0.4 is 5.73 Å². The van der Waals surface area contributed by atoms with Gasteiger partial charge in [-0.25, -0.2) is 4.68 Å². The van der Waals surface area contributed by atoms with Crippen molar-refractivity contribution in [1.29, 1.82) is 0 Å². The molecule has 2 unspecified atom stereocenters. The Morgan fingerprint density at radius 3 is 2.69 bits per heavy atom. The molecule has 1 amide bonds. The van der Waals surface area contributed by atoms with Gasteiger partial charge in [-0.15, -0.1) is 17.5 Å². The predicted octanol–water partition coefficient (Wildman–Crippen LogP) is 2.49. The molecule has 1 aromatic heterocycles. The molecule has 1 fully saturated rings. The number of aromatic nitrogens is 3. The van der Waals surface area contributed by atoms with E-state index in [-0.39, 0.29) is 37.5 Å². The van der Waals surface area contributed by atoms with E-state index in [0.717, 1.165) is 10.5 Å². The minimum atomic E-state index is -4.50. The van der Waals surface area contributed by atoms with Crippen LogP contribution in [0.15, 0.2) is 30.5 Å². The second kappa shape index (κ2) is 7.63. The molecule has 0 aliphatic carbocycles. The number of piperidine rings is 1. The largest absolute Gasteiger partial charge is 0.408 e. The standard InChI is InChI=1S/C16H18F3N5O.ClH/c1-10-3-2-4-12(7-10)24-9-13(21-22-24)15(25)23-8-11(20)5-6-14(23)16(17,18)19;/h2-4,7,9,11,14H,5-6,8,20H2,1H3;1H. The van der Waals surface area contributed by atoms with Gasteiger partial charge < -0.3 is 10.6 Å². The van der Waals surface area contributed by atoms with Gasteiger partial charge in [-0.3, -0.25) is 4.79 Å². The zero-order valence-corrected chi connectivity index (χ0v) is 14.8. The third-order valence-corrected chi connectivity index (χ3v) is 4.24. The van der Waals surface area contributed by atoms with Gasteiger partial charge in [-0.1, -0.05) is 17.3 Å². The lowest BCUT2D eigenvalue weighted by Gasteiger charge is -2.38. The summed E-state index contributed by atoms with van der Waals surface area (Å²) in [4.78, 5) is 13.3. The SMILES string of the molecule is Cc1cccc(-n2cc(C(=O)N3CC(N)CCC3C(F)(F)F)nn2)c1.Cl. The van der Waals surface area contributed by atoms with Crippen LogP contribution in [0.4, 0.5) is 13.2 Å². The van der Waals surface area contributed by atoms with Gasteiger partial charge in [0.2, 0.25) is 0 Å². The molecular formula is C16H19ClF3N5O. The molecule has 0 spiro atoms. The minimum Gasteiger partial charge on any atom is -0.326 e. The number of hydrogen-bond acceptors (Lipinski definition) is 4. The lowest BCUT2D eigenvalue weighted by molar-refractivity contribution is -0.184. The quantitative estimate of drug-likeness (QED) is 0.856.